The molecule has 1 aromatic heterocycles. The van der Waals surface area contributed by atoms with Gasteiger partial charge < -0.3 is 20.4 Å². The van der Waals surface area contributed by atoms with Crippen molar-refractivity contribution in [3.63, 3.8) is 0 Å². The van der Waals surface area contributed by atoms with E-state index in [1.54, 1.807) is 25.3 Å². The van der Waals surface area contributed by atoms with Gasteiger partial charge in [0, 0.05) is 17.1 Å². The zero-order valence-corrected chi connectivity index (χ0v) is 15.9. The average Bonchev–Trinajstić information content (AvgIpc) is 3.29. The monoisotopic (exact) mass is 400 g/mol. The predicted molar refractivity (Wildman–Crippen MR) is 105 cm³/mol. The highest BCUT2D eigenvalue weighted by Gasteiger charge is 2.29. The highest BCUT2D eigenvalue weighted by atomic mass is 35.5. The number of rotatable bonds is 6. The Labute approximate surface area is 164 Å². The predicted octanol–water partition coefficient (Wildman–Crippen LogP) is 2.78. The summed E-state index contributed by atoms with van der Waals surface area (Å²) >= 11 is 6.15. The summed E-state index contributed by atoms with van der Waals surface area (Å²) in [6.07, 6.45) is 2.19. The number of nitrogens with one attached hydrogen (secondary N) is 3. The summed E-state index contributed by atoms with van der Waals surface area (Å²) in [6, 6.07) is 2.89. The molecule has 0 bridgehead atoms. The van der Waals surface area contributed by atoms with Crippen molar-refractivity contribution in [1.82, 2.24) is 10.3 Å². The number of nitrogens with zero attached hydrogens (tertiary/aromatic N) is 1. The maximum absolute atomic E-state index is 12.2. The number of halogens is 1. The first kappa shape index (κ1) is 18.2. The third-order valence-corrected chi connectivity index (χ3v) is 5.10. The molecular weight excluding hydrogens is 384 g/mol. The third-order valence-electron chi connectivity index (χ3n) is 4.74. The SMILES string of the molecule is CCC(Nc1c(Nc2ccc(Cl)c3c2C(=O)NC3)c(=O)c1=O)c1ncc(C)o1. The van der Waals surface area contributed by atoms with Gasteiger partial charge in [0.15, 0.2) is 0 Å². The van der Waals surface area contributed by atoms with Gasteiger partial charge in [-0.05, 0) is 25.5 Å². The van der Waals surface area contributed by atoms with Gasteiger partial charge in [-0.2, -0.15) is 0 Å². The largest absolute Gasteiger partial charge is 0.444 e. The number of hydrogen-bond donors (Lipinski definition) is 3. The normalized spacial score (nSPS) is 14.0. The lowest BCUT2D eigenvalue weighted by Gasteiger charge is -2.20. The second kappa shape index (κ2) is 6.79. The molecule has 1 atom stereocenters. The van der Waals surface area contributed by atoms with Gasteiger partial charge in [0.1, 0.15) is 23.2 Å². The molecule has 0 saturated heterocycles. The Balaban J connectivity index is 1.66. The number of benzene rings is 1. The summed E-state index contributed by atoms with van der Waals surface area (Å²) in [5.41, 5.74) is 0.436. The van der Waals surface area contributed by atoms with Crippen LogP contribution in [-0.4, -0.2) is 10.9 Å². The molecule has 8 nitrogen and oxygen atoms in total. The lowest BCUT2D eigenvalue weighted by atomic mass is 10.1. The first-order chi connectivity index (χ1) is 13.4. The van der Waals surface area contributed by atoms with Gasteiger partial charge in [0.2, 0.25) is 5.89 Å². The van der Waals surface area contributed by atoms with E-state index in [9.17, 15) is 14.4 Å². The Morgan fingerprint density at radius 3 is 2.68 bits per heavy atom. The molecule has 28 heavy (non-hydrogen) atoms. The molecule has 2 aromatic carbocycles. The Bertz CT molecular complexity index is 1160. The summed E-state index contributed by atoms with van der Waals surface area (Å²) in [4.78, 5) is 40.6. The molecule has 4 rings (SSSR count). The van der Waals surface area contributed by atoms with E-state index in [1.165, 1.54) is 0 Å². The number of hydrogen-bond acceptors (Lipinski definition) is 7. The first-order valence-electron chi connectivity index (χ1n) is 8.79. The summed E-state index contributed by atoms with van der Waals surface area (Å²) in [7, 11) is 0. The van der Waals surface area contributed by atoms with Gasteiger partial charge in [-0.25, -0.2) is 4.98 Å². The van der Waals surface area contributed by atoms with Crippen LogP contribution in [0.5, 0.6) is 0 Å². The second-order valence-electron chi connectivity index (χ2n) is 6.58. The van der Waals surface area contributed by atoms with E-state index in [4.69, 9.17) is 16.0 Å². The van der Waals surface area contributed by atoms with Gasteiger partial charge in [0.25, 0.3) is 16.8 Å². The highest BCUT2D eigenvalue weighted by molar-refractivity contribution is 6.32. The first-order valence-corrected chi connectivity index (χ1v) is 9.17. The number of carbonyl (C=O) groups excluding carboxylic acids is 1. The lowest BCUT2D eigenvalue weighted by molar-refractivity contribution is 0.0966. The van der Waals surface area contributed by atoms with E-state index in [1.807, 2.05) is 6.92 Å². The fourth-order valence-electron chi connectivity index (χ4n) is 3.24. The van der Waals surface area contributed by atoms with Crippen molar-refractivity contribution in [2.24, 2.45) is 0 Å². The van der Waals surface area contributed by atoms with E-state index >= 15 is 0 Å². The minimum atomic E-state index is -0.650. The van der Waals surface area contributed by atoms with Gasteiger partial charge in [-0.1, -0.05) is 18.5 Å². The molecule has 1 aliphatic rings. The van der Waals surface area contributed by atoms with Crippen LogP contribution in [0.2, 0.25) is 5.02 Å². The number of carbonyl (C=O) groups is 1. The number of aromatic nitrogens is 1. The van der Waals surface area contributed by atoms with Crippen LogP contribution in [-0.2, 0) is 6.54 Å². The molecule has 9 heteroatoms. The summed E-state index contributed by atoms with van der Waals surface area (Å²) < 4.78 is 5.53. The number of anilines is 3. The van der Waals surface area contributed by atoms with Crippen LogP contribution in [0, 0.1) is 6.92 Å². The zero-order chi connectivity index (χ0) is 20.0. The lowest BCUT2D eigenvalue weighted by Crippen LogP contribution is -2.37. The zero-order valence-electron chi connectivity index (χ0n) is 15.2. The molecule has 1 amide bonds. The molecule has 0 radical (unpaired) electrons. The molecule has 0 aliphatic carbocycles. The van der Waals surface area contributed by atoms with E-state index < -0.39 is 10.9 Å². The van der Waals surface area contributed by atoms with E-state index in [2.05, 4.69) is 20.9 Å². The van der Waals surface area contributed by atoms with Crippen LogP contribution in [0.3, 0.4) is 0 Å². The summed E-state index contributed by atoms with van der Waals surface area (Å²) in [6.45, 7) is 4.01. The van der Waals surface area contributed by atoms with Gasteiger partial charge in [-0.3, -0.25) is 14.4 Å². The molecule has 0 spiro atoms. The van der Waals surface area contributed by atoms with Gasteiger partial charge in [-0.15, -0.1) is 0 Å². The number of aryl methyl sites for hydroxylation is 1. The summed E-state index contributed by atoms with van der Waals surface area (Å²) in [5, 5.41) is 9.14. The minimum Gasteiger partial charge on any atom is -0.444 e. The van der Waals surface area contributed by atoms with Gasteiger partial charge >= 0.3 is 0 Å². The maximum Gasteiger partial charge on any atom is 0.254 e. The molecule has 0 saturated carbocycles. The Kier molecular flexibility index (Phi) is 4.43. The molecule has 1 unspecified atom stereocenters. The smallest absolute Gasteiger partial charge is 0.254 e. The fourth-order valence-corrected chi connectivity index (χ4v) is 3.47. The molecule has 144 valence electrons. The van der Waals surface area contributed by atoms with Crippen LogP contribution in [0.1, 0.15) is 47.0 Å². The Hall–Kier alpha value is -3.13. The fraction of sp³-hybridized carbons (Fsp3) is 0.263. The van der Waals surface area contributed by atoms with E-state index in [0.717, 1.165) is 0 Å². The summed E-state index contributed by atoms with van der Waals surface area (Å²) in [5.74, 6) is 0.807. The highest BCUT2D eigenvalue weighted by Crippen LogP contribution is 2.34. The molecular formula is C19H17ClN4O4. The number of amides is 1. The van der Waals surface area contributed by atoms with Crippen molar-refractivity contribution < 1.29 is 9.21 Å². The third kappa shape index (κ3) is 2.86. The van der Waals surface area contributed by atoms with E-state index in [-0.39, 0.29) is 23.3 Å². The molecule has 0 fully saturated rings. The van der Waals surface area contributed by atoms with Crippen molar-refractivity contribution in [2.45, 2.75) is 32.9 Å². The number of oxazole rings is 1. The topological polar surface area (TPSA) is 113 Å². The van der Waals surface area contributed by atoms with Crippen LogP contribution < -0.4 is 26.8 Å². The van der Waals surface area contributed by atoms with E-state index in [0.29, 0.717) is 46.5 Å². The van der Waals surface area contributed by atoms with Crippen LogP contribution in [0.4, 0.5) is 17.1 Å². The molecule has 3 aromatic rings. The van der Waals surface area contributed by atoms with Crippen molar-refractivity contribution >= 4 is 34.6 Å². The average molecular weight is 401 g/mol. The molecule has 1 aliphatic heterocycles. The number of fused-ring (bicyclic) bond motifs is 1. The van der Waals surface area contributed by atoms with Crippen molar-refractivity contribution in [1.29, 1.82) is 0 Å². The second-order valence-corrected chi connectivity index (χ2v) is 6.99. The van der Waals surface area contributed by atoms with Crippen LogP contribution >= 0.6 is 11.6 Å². The van der Waals surface area contributed by atoms with Gasteiger partial charge in [0.05, 0.1) is 17.4 Å². The standard InChI is InChI=1S/C19H17ClN4O4/c1-3-11(19-22-6-8(2)28-19)23-14-15(17(26)16(14)25)24-12-5-4-10(20)9-7-21-18(27)13(9)12/h4-6,11,23-24H,3,7H2,1-2H3,(H,21,27). The van der Waals surface area contributed by atoms with Crippen molar-refractivity contribution in [3.8, 4) is 0 Å². The van der Waals surface area contributed by atoms with Crippen molar-refractivity contribution in [2.75, 3.05) is 10.6 Å². The molecule has 2 heterocycles. The maximum atomic E-state index is 12.2. The van der Waals surface area contributed by atoms with Crippen molar-refractivity contribution in [3.05, 3.63) is 66.6 Å². The Morgan fingerprint density at radius 1 is 1.25 bits per heavy atom. The Morgan fingerprint density at radius 2 is 2.00 bits per heavy atom. The van der Waals surface area contributed by atoms with Crippen LogP contribution in [0.15, 0.2) is 32.3 Å². The quantitative estimate of drug-likeness (QED) is 0.545. The minimum absolute atomic E-state index is 0.107. The molecule has 3 N–H and O–H groups in total. The van der Waals surface area contributed by atoms with Crippen LogP contribution in [0.25, 0.3) is 0 Å².